The highest BCUT2D eigenvalue weighted by Gasteiger charge is 2.40. The third-order valence-corrected chi connectivity index (χ3v) is 9.47. The number of likely N-dealkylation sites (tertiary alicyclic amines) is 1. The van der Waals surface area contributed by atoms with Crippen molar-refractivity contribution in [1.82, 2.24) is 26.2 Å². The number of amides is 6. The van der Waals surface area contributed by atoms with Gasteiger partial charge in [-0.2, -0.15) is 0 Å². The Hall–Kier alpha value is -5.67. The number of carboxylic acids is 1. The number of aliphatic carboxylic acids is 1. The van der Waals surface area contributed by atoms with Crippen LogP contribution >= 0.6 is 0 Å². The lowest BCUT2D eigenvalue weighted by molar-refractivity contribution is -0.145. The van der Waals surface area contributed by atoms with E-state index in [4.69, 9.17) is 5.73 Å². The minimum atomic E-state index is -1.33. The average molecular weight is 751 g/mol. The van der Waals surface area contributed by atoms with Crippen molar-refractivity contribution < 1.29 is 48.3 Å². The third kappa shape index (κ3) is 12.2. The number of ketones is 2. The summed E-state index contributed by atoms with van der Waals surface area (Å²) in [4.78, 5) is 117. The van der Waals surface area contributed by atoms with Gasteiger partial charge in [-0.05, 0) is 54.9 Å². The van der Waals surface area contributed by atoms with Crippen LogP contribution in [0, 0.1) is 11.8 Å². The van der Waals surface area contributed by atoms with E-state index in [9.17, 15) is 48.3 Å². The number of carbonyl (C=O) groups is 9. The Morgan fingerprint density at radius 2 is 1.56 bits per heavy atom. The molecule has 1 aliphatic carbocycles. The summed E-state index contributed by atoms with van der Waals surface area (Å²) in [5.41, 5.74) is 6.04. The molecule has 6 amide bonds. The summed E-state index contributed by atoms with van der Waals surface area (Å²) >= 11 is 0. The molecule has 1 aromatic carbocycles. The molecule has 1 saturated heterocycles. The molecule has 7 N–H and O–H groups in total. The van der Waals surface area contributed by atoms with Gasteiger partial charge in [0, 0.05) is 25.0 Å². The topological polar surface area (TPSA) is 251 Å². The van der Waals surface area contributed by atoms with Crippen molar-refractivity contribution in [3.63, 3.8) is 0 Å². The molecule has 0 bridgehead atoms. The van der Waals surface area contributed by atoms with Crippen LogP contribution < -0.4 is 27.0 Å². The fourth-order valence-electron chi connectivity index (χ4n) is 6.20. The SMILES string of the molecule is CC[C@H](C)[C@H](NC(=O)CC1=CC(=O)C=CC1=O)C(=O)N[C@H](C(=O)N[C@@H](CCC(N)=O)C(=O)N1CCC[C@H]1C(=O)N[C@@H](Cc1ccccc1)C(=O)O)C(C)C. The largest absolute Gasteiger partial charge is 0.480 e. The van der Waals surface area contributed by atoms with Gasteiger partial charge in [-0.25, -0.2) is 4.79 Å². The lowest BCUT2D eigenvalue weighted by Gasteiger charge is -2.31. The number of hydrogen-bond donors (Lipinski definition) is 6. The first kappa shape index (κ1) is 42.7. The van der Waals surface area contributed by atoms with Crippen LogP contribution in [0.3, 0.4) is 0 Å². The average Bonchev–Trinajstić information content (AvgIpc) is 3.62. The maximum atomic E-state index is 14.0. The molecule has 0 saturated carbocycles. The molecule has 1 fully saturated rings. The lowest BCUT2D eigenvalue weighted by atomic mass is 9.95. The third-order valence-electron chi connectivity index (χ3n) is 9.47. The van der Waals surface area contributed by atoms with Crippen molar-refractivity contribution in [3.05, 3.63) is 59.7 Å². The van der Waals surface area contributed by atoms with E-state index >= 15 is 0 Å². The first-order chi connectivity index (χ1) is 25.5. The first-order valence-corrected chi connectivity index (χ1v) is 18.0. The van der Waals surface area contributed by atoms with Gasteiger partial charge in [0.05, 0.1) is 6.42 Å². The van der Waals surface area contributed by atoms with Crippen molar-refractivity contribution in [2.75, 3.05) is 6.54 Å². The van der Waals surface area contributed by atoms with E-state index in [2.05, 4.69) is 21.3 Å². The van der Waals surface area contributed by atoms with E-state index in [0.29, 0.717) is 18.4 Å². The van der Waals surface area contributed by atoms with Gasteiger partial charge in [-0.1, -0.05) is 64.4 Å². The highest BCUT2D eigenvalue weighted by molar-refractivity contribution is 6.18. The number of hydrogen-bond acceptors (Lipinski definition) is 9. The first-order valence-electron chi connectivity index (χ1n) is 18.0. The second kappa shape index (κ2) is 20.0. The highest BCUT2D eigenvalue weighted by Crippen LogP contribution is 2.21. The molecule has 1 aliphatic heterocycles. The highest BCUT2D eigenvalue weighted by atomic mass is 16.4. The molecule has 6 atom stereocenters. The van der Waals surface area contributed by atoms with Crippen molar-refractivity contribution in [1.29, 1.82) is 0 Å². The molecular weight excluding hydrogens is 700 g/mol. The number of nitrogens with zero attached hydrogens (tertiary/aromatic N) is 1. The van der Waals surface area contributed by atoms with Gasteiger partial charge in [-0.3, -0.25) is 38.4 Å². The molecule has 0 unspecified atom stereocenters. The Balaban J connectivity index is 1.75. The summed E-state index contributed by atoms with van der Waals surface area (Å²) in [5, 5.41) is 20.2. The molecule has 3 rings (SSSR count). The summed E-state index contributed by atoms with van der Waals surface area (Å²) in [5.74, 6) is -7.40. The standard InChI is InChI=1S/C38H50N6O10/c1-5-22(4)33(42-31(48)20-24-19-25(45)13-15-29(24)46)36(51)43-32(21(2)3)35(50)40-26(14-16-30(39)47)37(52)44-17-9-12-28(44)34(49)41-27(38(53)54)18-23-10-7-6-8-11-23/h6-8,10-11,13,15,19,21-22,26-28,32-33H,5,9,12,14,16-18,20H2,1-4H3,(H2,39,47)(H,40,50)(H,41,49)(H,42,48)(H,43,51)(H,53,54)/t22-,26-,27-,28-,32-,33-/m0/s1. The second-order valence-corrected chi connectivity index (χ2v) is 14.0. The maximum Gasteiger partial charge on any atom is 0.326 e. The summed E-state index contributed by atoms with van der Waals surface area (Å²) in [6.07, 6.45) is 3.39. The number of primary amides is 1. The Bertz CT molecular complexity index is 1670. The number of nitrogens with one attached hydrogen (secondary N) is 4. The fourth-order valence-corrected chi connectivity index (χ4v) is 6.20. The van der Waals surface area contributed by atoms with E-state index in [1.165, 1.54) is 4.90 Å². The van der Waals surface area contributed by atoms with Gasteiger partial charge in [0.1, 0.15) is 30.2 Å². The van der Waals surface area contributed by atoms with Gasteiger partial charge in [0.2, 0.25) is 35.4 Å². The number of allylic oxidation sites excluding steroid dienone is 3. The number of rotatable bonds is 19. The van der Waals surface area contributed by atoms with E-state index in [1.807, 2.05) is 0 Å². The van der Waals surface area contributed by atoms with Crippen molar-refractivity contribution in [2.24, 2.45) is 17.6 Å². The van der Waals surface area contributed by atoms with E-state index in [0.717, 1.165) is 18.2 Å². The number of benzene rings is 1. The number of carbonyl (C=O) groups excluding carboxylic acids is 8. The Kier molecular flexibility index (Phi) is 15.8. The van der Waals surface area contributed by atoms with Gasteiger partial charge < -0.3 is 37.0 Å². The smallest absolute Gasteiger partial charge is 0.326 e. The molecule has 1 heterocycles. The summed E-state index contributed by atoms with van der Waals surface area (Å²) in [7, 11) is 0. The fraction of sp³-hybridized carbons (Fsp3) is 0.500. The predicted octanol–water partition coefficient (Wildman–Crippen LogP) is 0.236. The molecule has 0 spiro atoms. The maximum absolute atomic E-state index is 14.0. The van der Waals surface area contributed by atoms with E-state index < -0.39 is 101 Å². The zero-order valence-corrected chi connectivity index (χ0v) is 31.0. The summed E-state index contributed by atoms with van der Waals surface area (Å²) < 4.78 is 0. The van der Waals surface area contributed by atoms with Crippen LogP contribution in [-0.4, -0.2) is 99.7 Å². The Morgan fingerprint density at radius 1 is 0.889 bits per heavy atom. The molecule has 1 aromatic rings. The van der Waals surface area contributed by atoms with Crippen molar-refractivity contribution in [3.8, 4) is 0 Å². The van der Waals surface area contributed by atoms with Crippen molar-refractivity contribution in [2.45, 2.75) is 103 Å². The zero-order valence-electron chi connectivity index (χ0n) is 31.0. The number of nitrogens with two attached hydrogens (primary N) is 1. The monoisotopic (exact) mass is 750 g/mol. The molecule has 16 heteroatoms. The van der Waals surface area contributed by atoms with Gasteiger partial charge >= 0.3 is 5.97 Å². The van der Waals surface area contributed by atoms with Crippen LogP contribution in [0.1, 0.15) is 71.8 Å². The molecule has 292 valence electrons. The van der Waals surface area contributed by atoms with E-state index in [-0.39, 0.29) is 37.8 Å². The van der Waals surface area contributed by atoms with Crippen LogP contribution in [-0.2, 0) is 49.6 Å². The predicted molar refractivity (Wildman–Crippen MR) is 195 cm³/mol. The normalized spacial score (nSPS) is 18.1. The number of carboxylic acid groups (broad SMARTS) is 1. The van der Waals surface area contributed by atoms with Crippen LogP contribution in [0.5, 0.6) is 0 Å². The lowest BCUT2D eigenvalue weighted by Crippen LogP contribution is -2.60. The van der Waals surface area contributed by atoms with Crippen LogP contribution in [0.4, 0.5) is 0 Å². The molecule has 2 aliphatic rings. The summed E-state index contributed by atoms with van der Waals surface area (Å²) in [6.45, 7) is 6.95. The molecule has 0 aromatic heterocycles. The van der Waals surface area contributed by atoms with Gasteiger partial charge in [0.25, 0.3) is 0 Å². The zero-order chi connectivity index (χ0) is 40.1. The van der Waals surface area contributed by atoms with Crippen LogP contribution in [0.2, 0.25) is 0 Å². The molecule has 0 radical (unpaired) electrons. The Morgan fingerprint density at radius 3 is 2.17 bits per heavy atom. The molecule has 54 heavy (non-hydrogen) atoms. The van der Waals surface area contributed by atoms with Crippen molar-refractivity contribution >= 4 is 53.0 Å². The minimum absolute atomic E-state index is 0.0140. The van der Waals surface area contributed by atoms with E-state index in [1.54, 1.807) is 58.0 Å². The Labute approximate surface area is 313 Å². The van der Waals surface area contributed by atoms with Gasteiger partial charge in [-0.15, -0.1) is 0 Å². The second-order valence-electron chi connectivity index (χ2n) is 14.0. The van der Waals surface area contributed by atoms with Crippen LogP contribution in [0.15, 0.2) is 54.1 Å². The minimum Gasteiger partial charge on any atom is -0.480 e. The quantitative estimate of drug-likeness (QED) is 0.105. The molecule has 16 nitrogen and oxygen atoms in total. The van der Waals surface area contributed by atoms with Gasteiger partial charge in [0.15, 0.2) is 11.6 Å². The molecular formula is C38H50N6O10. The van der Waals surface area contributed by atoms with Crippen LogP contribution in [0.25, 0.3) is 0 Å². The summed E-state index contributed by atoms with van der Waals surface area (Å²) in [6, 6.07) is 2.73.